The molecule has 2 heterocycles. The van der Waals surface area contributed by atoms with Crippen LogP contribution < -0.4 is 0 Å². The molecule has 128 valence electrons. The number of phenols is 1. The molecular weight excluding hydrogens is 356 g/mol. The third-order valence-corrected chi connectivity index (χ3v) is 6.07. The van der Waals surface area contributed by atoms with Gasteiger partial charge in [0.25, 0.3) is 5.91 Å². The number of phenolic OH excluding ortho intramolecular Hbond substituents is 1. The lowest BCUT2D eigenvalue weighted by atomic mass is 9.97. The number of aromatic hydroxyl groups is 1. The number of hydrogen-bond donors (Lipinski definition) is 1. The maximum absolute atomic E-state index is 12.6. The highest BCUT2D eigenvalue weighted by molar-refractivity contribution is 7.18. The Morgan fingerprint density at radius 1 is 1.20 bits per heavy atom. The quantitative estimate of drug-likeness (QED) is 0.710. The van der Waals surface area contributed by atoms with E-state index in [0.717, 1.165) is 28.1 Å². The molecule has 0 spiro atoms. The van der Waals surface area contributed by atoms with Crippen molar-refractivity contribution in [3.8, 4) is 5.75 Å². The van der Waals surface area contributed by atoms with Crippen LogP contribution in [0.4, 0.5) is 0 Å². The lowest BCUT2D eigenvalue weighted by molar-refractivity contribution is 0.0710. The molecule has 0 atom stereocenters. The first-order valence-electron chi connectivity index (χ1n) is 8.25. The number of nitrogens with zero attached hydrogens (tertiary/aromatic N) is 2. The lowest BCUT2D eigenvalue weighted by Gasteiger charge is -2.31. The summed E-state index contributed by atoms with van der Waals surface area (Å²) in [5, 5.41) is 11.7. The van der Waals surface area contributed by atoms with Crippen LogP contribution in [0.3, 0.4) is 0 Å². The van der Waals surface area contributed by atoms with Crippen LogP contribution in [0.2, 0.25) is 5.02 Å². The molecule has 4 rings (SSSR count). The third-order valence-electron chi connectivity index (χ3n) is 4.63. The minimum Gasteiger partial charge on any atom is -0.507 e. The van der Waals surface area contributed by atoms with Gasteiger partial charge in [-0.15, -0.1) is 11.3 Å². The summed E-state index contributed by atoms with van der Waals surface area (Å²) in [6.07, 6.45) is 1.76. The minimum atomic E-state index is -0.104. The van der Waals surface area contributed by atoms with Crippen LogP contribution >= 0.6 is 22.9 Å². The Morgan fingerprint density at radius 3 is 2.72 bits per heavy atom. The van der Waals surface area contributed by atoms with E-state index in [4.69, 9.17) is 16.6 Å². The Kier molecular flexibility index (Phi) is 4.36. The van der Waals surface area contributed by atoms with Gasteiger partial charge in [0.15, 0.2) is 0 Å². The van der Waals surface area contributed by atoms with Crippen LogP contribution in [0.5, 0.6) is 5.75 Å². The average molecular weight is 373 g/mol. The van der Waals surface area contributed by atoms with Crippen LogP contribution in [0.15, 0.2) is 42.5 Å². The molecule has 3 aromatic rings. The zero-order valence-corrected chi connectivity index (χ0v) is 15.1. The van der Waals surface area contributed by atoms with Crippen molar-refractivity contribution in [3.63, 3.8) is 0 Å². The molecule has 0 unspecified atom stereocenters. The van der Waals surface area contributed by atoms with Crippen LogP contribution in [-0.4, -0.2) is 34.0 Å². The van der Waals surface area contributed by atoms with Crippen molar-refractivity contribution in [1.82, 2.24) is 9.88 Å². The van der Waals surface area contributed by atoms with Gasteiger partial charge < -0.3 is 10.0 Å². The summed E-state index contributed by atoms with van der Waals surface area (Å²) in [5.74, 6) is 0.301. The molecular formula is C19H17ClN2O2S. The van der Waals surface area contributed by atoms with Gasteiger partial charge in [-0.3, -0.25) is 4.79 Å². The van der Waals surface area contributed by atoms with E-state index in [0.29, 0.717) is 29.6 Å². The lowest BCUT2D eigenvalue weighted by Crippen LogP contribution is -2.37. The first kappa shape index (κ1) is 16.4. The first-order chi connectivity index (χ1) is 12.1. The summed E-state index contributed by atoms with van der Waals surface area (Å²) in [7, 11) is 0. The molecule has 1 saturated heterocycles. The van der Waals surface area contributed by atoms with Gasteiger partial charge in [-0.2, -0.15) is 0 Å². The van der Waals surface area contributed by atoms with Gasteiger partial charge in [-0.1, -0.05) is 23.7 Å². The summed E-state index contributed by atoms with van der Waals surface area (Å²) < 4.78 is 1.15. The fraction of sp³-hybridized carbons (Fsp3) is 0.263. The molecule has 1 fully saturated rings. The molecule has 6 heteroatoms. The highest BCUT2D eigenvalue weighted by Crippen LogP contribution is 2.35. The van der Waals surface area contributed by atoms with Crippen molar-refractivity contribution >= 4 is 39.1 Å². The second-order valence-electron chi connectivity index (χ2n) is 6.25. The van der Waals surface area contributed by atoms with Crippen molar-refractivity contribution in [1.29, 1.82) is 0 Å². The Bertz CT molecular complexity index is 932. The van der Waals surface area contributed by atoms with Gasteiger partial charge in [0, 0.05) is 24.0 Å². The van der Waals surface area contributed by atoms with E-state index in [-0.39, 0.29) is 11.7 Å². The van der Waals surface area contributed by atoms with E-state index in [1.165, 1.54) is 0 Å². The molecule has 0 aliphatic carbocycles. The SMILES string of the molecule is O=C(c1ccccc1O)N1CCC(c2nc3cc(Cl)ccc3s2)CC1. The van der Waals surface area contributed by atoms with Crippen molar-refractivity contribution in [2.24, 2.45) is 0 Å². The van der Waals surface area contributed by atoms with Gasteiger partial charge >= 0.3 is 0 Å². The molecule has 25 heavy (non-hydrogen) atoms. The zero-order chi connectivity index (χ0) is 17.4. The molecule has 1 aliphatic heterocycles. The van der Waals surface area contributed by atoms with Crippen molar-refractivity contribution in [2.45, 2.75) is 18.8 Å². The van der Waals surface area contributed by atoms with Crippen molar-refractivity contribution in [2.75, 3.05) is 13.1 Å². The van der Waals surface area contributed by atoms with Crippen LogP contribution in [0.25, 0.3) is 10.2 Å². The predicted molar refractivity (Wildman–Crippen MR) is 101 cm³/mol. The van der Waals surface area contributed by atoms with E-state index in [2.05, 4.69) is 0 Å². The maximum atomic E-state index is 12.6. The number of piperidine rings is 1. The number of rotatable bonds is 2. The summed E-state index contributed by atoms with van der Waals surface area (Å²) in [6, 6.07) is 12.5. The number of carbonyl (C=O) groups is 1. The van der Waals surface area contributed by atoms with E-state index in [1.807, 2.05) is 23.1 Å². The number of halogens is 1. The normalized spacial score (nSPS) is 15.6. The number of amides is 1. The second-order valence-corrected chi connectivity index (χ2v) is 7.75. The Labute approximate surface area is 154 Å². The molecule has 4 nitrogen and oxygen atoms in total. The number of carbonyl (C=O) groups excluding carboxylic acids is 1. The second kappa shape index (κ2) is 6.65. The molecule has 2 aromatic carbocycles. The van der Waals surface area contributed by atoms with E-state index in [9.17, 15) is 9.90 Å². The monoisotopic (exact) mass is 372 g/mol. The minimum absolute atomic E-state index is 0.0395. The van der Waals surface area contributed by atoms with Gasteiger partial charge in [-0.05, 0) is 43.2 Å². The Morgan fingerprint density at radius 2 is 1.96 bits per heavy atom. The predicted octanol–water partition coefficient (Wildman–Crippen LogP) is 4.68. The number of aromatic nitrogens is 1. The molecule has 0 saturated carbocycles. The van der Waals surface area contributed by atoms with Crippen molar-refractivity contribution in [3.05, 3.63) is 58.1 Å². The number of likely N-dealkylation sites (tertiary alicyclic amines) is 1. The average Bonchev–Trinajstić information content (AvgIpc) is 3.05. The highest BCUT2D eigenvalue weighted by Gasteiger charge is 2.27. The summed E-state index contributed by atoms with van der Waals surface area (Å²) in [6.45, 7) is 1.35. The standard InChI is InChI=1S/C19H17ClN2O2S/c20-13-5-6-17-15(11-13)21-18(25-17)12-7-9-22(10-8-12)19(24)14-3-1-2-4-16(14)23/h1-6,11-12,23H,7-10H2. The molecule has 0 radical (unpaired) electrons. The molecule has 1 N–H and O–H groups in total. The van der Waals surface area contributed by atoms with Crippen LogP contribution in [0, 0.1) is 0 Å². The van der Waals surface area contributed by atoms with Crippen LogP contribution in [0.1, 0.15) is 34.1 Å². The molecule has 1 aliphatic rings. The first-order valence-corrected chi connectivity index (χ1v) is 9.44. The fourth-order valence-electron chi connectivity index (χ4n) is 3.25. The highest BCUT2D eigenvalue weighted by atomic mass is 35.5. The Hall–Kier alpha value is -2.11. The number of para-hydroxylation sites is 1. The molecule has 1 aromatic heterocycles. The van der Waals surface area contributed by atoms with Gasteiger partial charge in [0.1, 0.15) is 5.75 Å². The van der Waals surface area contributed by atoms with Gasteiger partial charge in [-0.25, -0.2) is 4.98 Å². The fourth-order valence-corrected chi connectivity index (χ4v) is 4.53. The third kappa shape index (κ3) is 3.22. The number of thiazole rings is 1. The molecule has 0 bridgehead atoms. The Balaban J connectivity index is 1.47. The summed E-state index contributed by atoms with van der Waals surface area (Å²) in [4.78, 5) is 19.1. The van der Waals surface area contributed by atoms with Gasteiger partial charge in [0.05, 0.1) is 20.8 Å². The summed E-state index contributed by atoms with van der Waals surface area (Å²) in [5.41, 5.74) is 1.32. The topological polar surface area (TPSA) is 53.4 Å². The maximum Gasteiger partial charge on any atom is 0.257 e. The molecule has 1 amide bonds. The van der Waals surface area contributed by atoms with Gasteiger partial charge in [0.2, 0.25) is 0 Å². The number of fused-ring (bicyclic) bond motifs is 1. The number of hydrogen-bond acceptors (Lipinski definition) is 4. The summed E-state index contributed by atoms with van der Waals surface area (Å²) >= 11 is 7.75. The van der Waals surface area contributed by atoms with Crippen molar-refractivity contribution < 1.29 is 9.90 Å². The van der Waals surface area contributed by atoms with E-state index >= 15 is 0 Å². The van der Waals surface area contributed by atoms with Crippen LogP contribution in [-0.2, 0) is 0 Å². The number of benzene rings is 2. The van der Waals surface area contributed by atoms with E-state index in [1.54, 1.807) is 35.6 Å². The smallest absolute Gasteiger partial charge is 0.257 e. The largest absolute Gasteiger partial charge is 0.507 e. The van der Waals surface area contributed by atoms with E-state index < -0.39 is 0 Å². The zero-order valence-electron chi connectivity index (χ0n) is 13.5.